The summed E-state index contributed by atoms with van der Waals surface area (Å²) in [5.74, 6) is 0.776. The van der Waals surface area contributed by atoms with Crippen LogP contribution in [-0.4, -0.2) is 25.7 Å². The molecule has 120 valence electrons. The number of hydrogen-bond donors (Lipinski definition) is 1. The van der Waals surface area contributed by atoms with Gasteiger partial charge in [0.25, 0.3) is 0 Å². The van der Waals surface area contributed by atoms with E-state index in [1.54, 1.807) is 0 Å². The number of hydrogen-bond acceptors (Lipinski definition) is 3. The number of amides is 1. The lowest BCUT2D eigenvalue weighted by atomic mass is 10.0. The Kier molecular flexibility index (Phi) is 5.27. The summed E-state index contributed by atoms with van der Waals surface area (Å²) in [5.41, 5.74) is 1.04. The maximum absolute atomic E-state index is 12.4. The van der Waals surface area contributed by atoms with Crippen LogP contribution in [0.3, 0.4) is 0 Å². The molecule has 2 aromatic carbocycles. The number of para-hydroxylation sites is 1. The lowest BCUT2D eigenvalue weighted by Crippen LogP contribution is -2.37. The molecule has 2 atom stereocenters. The normalized spacial score (nSPS) is 18.3. The molecule has 1 saturated heterocycles. The highest BCUT2D eigenvalue weighted by Crippen LogP contribution is 2.19. The second-order valence-corrected chi connectivity index (χ2v) is 5.66. The smallest absolute Gasteiger partial charge is 0.226 e. The highest BCUT2D eigenvalue weighted by molar-refractivity contribution is 5.79. The number of carbonyl (C=O) groups is 1. The minimum Gasteiger partial charge on any atom is -0.491 e. The first kappa shape index (κ1) is 15.6. The molecule has 0 aliphatic carbocycles. The van der Waals surface area contributed by atoms with E-state index in [9.17, 15) is 4.79 Å². The molecular weight excluding hydrogens is 290 g/mol. The van der Waals surface area contributed by atoms with E-state index in [1.165, 1.54) is 0 Å². The Hall–Kier alpha value is -2.33. The molecule has 3 rings (SSSR count). The van der Waals surface area contributed by atoms with Gasteiger partial charge in [0.05, 0.1) is 18.6 Å². The third-order valence-corrected chi connectivity index (χ3v) is 3.98. The average Bonchev–Trinajstić information content (AvgIpc) is 3.15. The first-order chi connectivity index (χ1) is 11.3. The second-order valence-electron chi connectivity index (χ2n) is 5.66. The van der Waals surface area contributed by atoms with Gasteiger partial charge in [-0.2, -0.15) is 0 Å². The molecule has 1 heterocycles. The Bertz CT molecular complexity index is 609. The molecule has 1 aliphatic heterocycles. The van der Waals surface area contributed by atoms with E-state index >= 15 is 0 Å². The first-order valence-corrected chi connectivity index (χ1v) is 7.94. The zero-order valence-electron chi connectivity index (χ0n) is 13.0. The van der Waals surface area contributed by atoms with E-state index in [4.69, 9.17) is 9.47 Å². The minimum absolute atomic E-state index is 0.0352. The monoisotopic (exact) mass is 311 g/mol. The summed E-state index contributed by atoms with van der Waals surface area (Å²) in [7, 11) is 0. The Morgan fingerprint density at radius 2 is 1.83 bits per heavy atom. The SMILES string of the molecule is O=C(N[C@H](COc1ccccc1)c1ccccc1)[C@H]1CCOC1. The molecular formula is C19H21NO3. The van der Waals surface area contributed by atoms with Gasteiger partial charge in [-0.1, -0.05) is 48.5 Å². The van der Waals surface area contributed by atoms with Crippen LogP contribution < -0.4 is 10.1 Å². The van der Waals surface area contributed by atoms with Crippen molar-refractivity contribution in [3.63, 3.8) is 0 Å². The van der Waals surface area contributed by atoms with Crippen molar-refractivity contribution in [3.8, 4) is 5.75 Å². The van der Waals surface area contributed by atoms with Crippen LogP contribution in [0.4, 0.5) is 0 Å². The molecule has 0 unspecified atom stereocenters. The lowest BCUT2D eigenvalue weighted by molar-refractivity contribution is -0.126. The van der Waals surface area contributed by atoms with E-state index in [2.05, 4.69) is 5.32 Å². The van der Waals surface area contributed by atoms with Gasteiger partial charge in [-0.05, 0) is 24.1 Å². The third-order valence-electron chi connectivity index (χ3n) is 3.98. The molecule has 1 amide bonds. The minimum atomic E-state index is -0.176. The summed E-state index contributed by atoms with van der Waals surface area (Å²) in [5, 5.41) is 3.10. The van der Waals surface area contributed by atoms with Crippen molar-refractivity contribution < 1.29 is 14.3 Å². The Morgan fingerprint density at radius 1 is 1.13 bits per heavy atom. The predicted molar refractivity (Wildman–Crippen MR) is 88.2 cm³/mol. The van der Waals surface area contributed by atoms with Crippen molar-refractivity contribution in [2.24, 2.45) is 5.92 Å². The van der Waals surface area contributed by atoms with Crippen molar-refractivity contribution in [2.45, 2.75) is 12.5 Å². The number of ether oxygens (including phenoxy) is 2. The third kappa shape index (κ3) is 4.33. The lowest BCUT2D eigenvalue weighted by Gasteiger charge is -2.21. The summed E-state index contributed by atoms with van der Waals surface area (Å²) in [6.07, 6.45) is 0.785. The zero-order chi connectivity index (χ0) is 15.9. The molecule has 4 heteroatoms. The van der Waals surface area contributed by atoms with Gasteiger partial charge in [-0.3, -0.25) is 4.79 Å². The van der Waals surface area contributed by atoms with E-state index in [0.29, 0.717) is 19.8 Å². The summed E-state index contributed by atoms with van der Waals surface area (Å²) in [4.78, 5) is 12.4. The highest BCUT2D eigenvalue weighted by atomic mass is 16.5. The van der Waals surface area contributed by atoms with E-state index < -0.39 is 0 Å². The zero-order valence-corrected chi connectivity index (χ0v) is 13.0. The molecule has 0 aromatic heterocycles. The molecule has 2 aromatic rings. The van der Waals surface area contributed by atoms with Gasteiger partial charge in [0.2, 0.25) is 5.91 Å². The summed E-state index contributed by atoms with van der Waals surface area (Å²) in [6.45, 7) is 1.56. The quantitative estimate of drug-likeness (QED) is 0.892. The molecule has 1 aliphatic rings. The standard InChI is InChI=1S/C19H21NO3/c21-19(16-11-12-22-13-16)20-18(15-7-3-1-4-8-15)14-23-17-9-5-2-6-10-17/h1-10,16,18H,11-14H2,(H,20,21)/t16-,18+/m0/s1. The van der Waals surface area contributed by atoms with Crippen molar-refractivity contribution >= 4 is 5.91 Å². The molecule has 0 saturated carbocycles. The van der Waals surface area contributed by atoms with Gasteiger partial charge in [-0.15, -0.1) is 0 Å². The van der Waals surface area contributed by atoms with Gasteiger partial charge in [0.1, 0.15) is 12.4 Å². The number of benzene rings is 2. The predicted octanol–water partition coefficient (Wildman–Crippen LogP) is 2.96. The molecule has 0 radical (unpaired) electrons. The maximum atomic E-state index is 12.4. The van der Waals surface area contributed by atoms with E-state index in [-0.39, 0.29) is 17.9 Å². The molecule has 23 heavy (non-hydrogen) atoms. The summed E-state index contributed by atoms with van der Waals surface area (Å²) in [6, 6.07) is 19.4. The van der Waals surface area contributed by atoms with Crippen molar-refractivity contribution in [2.75, 3.05) is 19.8 Å². The van der Waals surface area contributed by atoms with Crippen LogP contribution in [0, 0.1) is 5.92 Å². The van der Waals surface area contributed by atoms with Crippen LogP contribution in [0.2, 0.25) is 0 Å². The largest absolute Gasteiger partial charge is 0.491 e. The number of nitrogens with one attached hydrogen (secondary N) is 1. The number of carbonyl (C=O) groups excluding carboxylic acids is 1. The van der Waals surface area contributed by atoms with Crippen molar-refractivity contribution in [1.29, 1.82) is 0 Å². The first-order valence-electron chi connectivity index (χ1n) is 7.94. The summed E-state index contributed by atoms with van der Waals surface area (Å²) >= 11 is 0. The molecule has 4 nitrogen and oxygen atoms in total. The van der Waals surface area contributed by atoms with Crippen molar-refractivity contribution in [3.05, 3.63) is 66.2 Å². The van der Waals surface area contributed by atoms with E-state index in [0.717, 1.165) is 17.7 Å². The van der Waals surface area contributed by atoms with Crippen LogP contribution in [0.1, 0.15) is 18.0 Å². The van der Waals surface area contributed by atoms with Gasteiger partial charge in [0, 0.05) is 6.61 Å². The van der Waals surface area contributed by atoms with Crippen LogP contribution in [0.25, 0.3) is 0 Å². The molecule has 1 N–H and O–H groups in total. The van der Waals surface area contributed by atoms with Crippen LogP contribution in [-0.2, 0) is 9.53 Å². The number of rotatable bonds is 6. The van der Waals surface area contributed by atoms with Crippen LogP contribution >= 0.6 is 0 Å². The molecule has 0 bridgehead atoms. The van der Waals surface area contributed by atoms with E-state index in [1.807, 2.05) is 60.7 Å². The Labute approximate surface area is 136 Å². The second kappa shape index (κ2) is 7.79. The highest BCUT2D eigenvalue weighted by Gasteiger charge is 2.26. The topological polar surface area (TPSA) is 47.6 Å². The molecule has 1 fully saturated rings. The van der Waals surface area contributed by atoms with Gasteiger partial charge >= 0.3 is 0 Å². The Balaban J connectivity index is 1.67. The van der Waals surface area contributed by atoms with Gasteiger partial charge in [0.15, 0.2) is 0 Å². The van der Waals surface area contributed by atoms with Crippen LogP contribution in [0.15, 0.2) is 60.7 Å². The maximum Gasteiger partial charge on any atom is 0.226 e. The Morgan fingerprint density at radius 3 is 2.48 bits per heavy atom. The molecule has 0 spiro atoms. The van der Waals surface area contributed by atoms with Gasteiger partial charge < -0.3 is 14.8 Å². The average molecular weight is 311 g/mol. The summed E-state index contributed by atoms with van der Waals surface area (Å²) < 4.78 is 11.1. The fraction of sp³-hybridized carbons (Fsp3) is 0.316. The fourth-order valence-corrected chi connectivity index (χ4v) is 2.63. The van der Waals surface area contributed by atoms with Crippen LogP contribution in [0.5, 0.6) is 5.75 Å². The van der Waals surface area contributed by atoms with Gasteiger partial charge in [-0.25, -0.2) is 0 Å². The fourth-order valence-electron chi connectivity index (χ4n) is 2.63. The van der Waals surface area contributed by atoms with Crippen molar-refractivity contribution in [1.82, 2.24) is 5.32 Å².